The van der Waals surface area contributed by atoms with E-state index >= 15 is 0 Å². The van der Waals surface area contributed by atoms with Crippen molar-refractivity contribution in [2.24, 2.45) is 17.8 Å². The maximum Gasteiger partial charge on any atom is 0.232 e. The monoisotopic (exact) mass is 429 g/mol. The van der Waals surface area contributed by atoms with Crippen molar-refractivity contribution in [2.45, 2.75) is 44.8 Å². The van der Waals surface area contributed by atoms with E-state index in [2.05, 4.69) is 31.2 Å². The van der Waals surface area contributed by atoms with E-state index in [4.69, 9.17) is 0 Å². The fourth-order valence-electron chi connectivity index (χ4n) is 4.69. The largest absolute Gasteiger partial charge is 0.392 e. The van der Waals surface area contributed by atoms with E-state index in [1.165, 1.54) is 11.1 Å². The van der Waals surface area contributed by atoms with Gasteiger partial charge in [-0.25, -0.2) is 0 Å². The van der Waals surface area contributed by atoms with E-state index in [-0.39, 0.29) is 17.9 Å². The second-order valence-corrected chi connectivity index (χ2v) is 10.1. The van der Waals surface area contributed by atoms with E-state index in [0.717, 1.165) is 30.6 Å². The molecule has 0 radical (unpaired) electrons. The van der Waals surface area contributed by atoms with Gasteiger partial charge < -0.3 is 15.1 Å². The van der Waals surface area contributed by atoms with E-state index in [9.17, 15) is 15.0 Å². The SMILES string of the molecule is Cc1cccc(C[C@@H](O)C=C[C@@H]2[C@H]3CC(CCSCC(=O)N(C)C)=C[C@H]3C[C@H]2O)c1. The minimum absolute atomic E-state index is 0.110. The number of carbonyl (C=O) groups is 1. The Morgan fingerprint density at radius 3 is 2.90 bits per heavy atom. The van der Waals surface area contributed by atoms with Crippen LogP contribution in [0.2, 0.25) is 0 Å². The summed E-state index contributed by atoms with van der Waals surface area (Å²) in [4.78, 5) is 13.3. The summed E-state index contributed by atoms with van der Waals surface area (Å²) in [6.45, 7) is 2.06. The molecule has 5 heteroatoms. The first-order valence-corrected chi connectivity index (χ1v) is 12.1. The molecule has 0 bridgehead atoms. The summed E-state index contributed by atoms with van der Waals surface area (Å²) in [5.41, 5.74) is 3.79. The van der Waals surface area contributed by atoms with Gasteiger partial charge in [-0.1, -0.05) is 53.6 Å². The number of amides is 1. The first-order valence-electron chi connectivity index (χ1n) is 10.9. The van der Waals surface area contributed by atoms with Gasteiger partial charge in [0, 0.05) is 26.4 Å². The van der Waals surface area contributed by atoms with Crippen LogP contribution in [0.5, 0.6) is 0 Å². The maximum absolute atomic E-state index is 11.7. The van der Waals surface area contributed by atoms with Crippen molar-refractivity contribution < 1.29 is 15.0 Å². The smallest absolute Gasteiger partial charge is 0.232 e. The fourth-order valence-corrected chi connectivity index (χ4v) is 5.67. The van der Waals surface area contributed by atoms with Gasteiger partial charge in [0.25, 0.3) is 0 Å². The standard InChI is InChI=1S/C25H35NO3S/c1-17-5-4-6-18(11-17)13-21(27)7-8-22-23-14-19(12-20(23)15-24(22)28)9-10-30-16-25(29)26(2)3/h4-8,11-12,20-24,27-28H,9-10,13-16H2,1-3H3/t20-,21-,22+,23-,24+/m0/s1. The van der Waals surface area contributed by atoms with Gasteiger partial charge in [-0.05, 0) is 49.3 Å². The van der Waals surface area contributed by atoms with Crippen molar-refractivity contribution in [3.8, 4) is 0 Å². The molecule has 0 aliphatic heterocycles. The van der Waals surface area contributed by atoms with Gasteiger partial charge in [0.1, 0.15) is 0 Å². The van der Waals surface area contributed by atoms with Gasteiger partial charge in [0.15, 0.2) is 0 Å². The van der Waals surface area contributed by atoms with Crippen molar-refractivity contribution in [2.75, 3.05) is 25.6 Å². The van der Waals surface area contributed by atoms with Crippen molar-refractivity contribution in [3.05, 3.63) is 59.2 Å². The van der Waals surface area contributed by atoms with Crippen LogP contribution in [-0.4, -0.2) is 58.8 Å². The van der Waals surface area contributed by atoms with Crippen LogP contribution in [0, 0.1) is 24.7 Å². The minimum Gasteiger partial charge on any atom is -0.392 e. The number of allylic oxidation sites excluding steroid dienone is 2. The number of rotatable bonds is 9. The van der Waals surface area contributed by atoms with E-state index in [0.29, 0.717) is 24.0 Å². The number of aliphatic hydroxyl groups excluding tert-OH is 2. The molecule has 1 saturated carbocycles. The Kier molecular flexibility index (Phi) is 8.20. The number of benzene rings is 1. The van der Waals surface area contributed by atoms with Crippen LogP contribution in [0.15, 0.2) is 48.1 Å². The fraction of sp³-hybridized carbons (Fsp3) is 0.560. The van der Waals surface area contributed by atoms with Crippen LogP contribution in [-0.2, 0) is 11.2 Å². The predicted molar refractivity (Wildman–Crippen MR) is 124 cm³/mol. The highest BCUT2D eigenvalue weighted by atomic mass is 32.2. The Labute approximate surface area is 185 Å². The number of hydrogen-bond donors (Lipinski definition) is 2. The molecule has 2 aliphatic carbocycles. The molecule has 0 spiro atoms. The van der Waals surface area contributed by atoms with E-state index < -0.39 is 6.10 Å². The van der Waals surface area contributed by atoms with Crippen molar-refractivity contribution in [3.63, 3.8) is 0 Å². The molecule has 0 unspecified atom stereocenters. The highest BCUT2D eigenvalue weighted by Gasteiger charge is 2.43. The molecule has 0 aromatic heterocycles. The lowest BCUT2D eigenvalue weighted by molar-refractivity contribution is -0.125. The normalized spacial score (nSPS) is 26.6. The molecule has 5 atom stereocenters. The predicted octanol–water partition coefficient (Wildman–Crippen LogP) is 3.61. The van der Waals surface area contributed by atoms with Gasteiger partial charge in [-0.3, -0.25) is 4.79 Å². The number of fused-ring (bicyclic) bond motifs is 1. The Morgan fingerprint density at radius 1 is 1.37 bits per heavy atom. The number of carbonyl (C=O) groups excluding carboxylic acids is 1. The van der Waals surface area contributed by atoms with Gasteiger partial charge >= 0.3 is 0 Å². The number of hydrogen-bond acceptors (Lipinski definition) is 4. The third kappa shape index (κ3) is 6.22. The third-order valence-corrected chi connectivity index (χ3v) is 7.27. The van der Waals surface area contributed by atoms with Crippen LogP contribution < -0.4 is 0 Å². The topological polar surface area (TPSA) is 60.8 Å². The number of thioether (sulfide) groups is 1. The van der Waals surface area contributed by atoms with Crippen molar-refractivity contribution in [1.29, 1.82) is 0 Å². The van der Waals surface area contributed by atoms with Gasteiger partial charge in [0.2, 0.25) is 5.91 Å². The first kappa shape index (κ1) is 23.1. The summed E-state index contributed by atoms with van der Waals surface area (Å²) in [5, 5.41) is 21.0. The van der Waals surface area contributed by atoms with E-state index in [1.54, 1.807) is 30.8 Å². The molecule has 4 nitrogen and oxygen atoms in total. The highest BCUT2D eigenvalue weighted by molar-refractivity contribution is 7.99. The molecular weight excluding hydrogens is 394 g/mol. The summed E-state index contributed by atoms with van der Waals surface area (Å²) in [7, 11) is 3.58. The molecule has 164 valence electrons. The highest BCUT2D eigenvalue weighted by Crippen LogP contribution is 2.48. The summed E-state index contributed by atoms with van der Waals surface area (Å²) in [6, 6.07) is 8.23. The number of aryl methyl sites for hydroxylation is 1. The lowest BCUT2D eigenvalue weighted by Gasteiger charge is -2.19. The van der Waals surface area contributed by atoms with E-state index in [1.807, 2.05) is 18.2 Å². The lowest BCUT2D eigenvalue weighted by atomic mass is 9.88. The zero-order valence-corrected chi connectivity index (χ0v) is 19.1. The summed E-state index contributed by atoms with van der Waals surface area (Å²) in [5.74, 6) is 2.64. The van der Waals surface area contributed by atoms with Gasteiger partial charge in [-0.2, -0.15) is 11.8 Å². The molecule has 3 rings (SSSR count). The average Bonchev–Trinajstić information content (AvgIpc) is 3.19. The Balaban J connectivity index is 1.47. The van der Waals surface area contributed by atoms with Crippen LogP contribution in [0.4, 0.5) is 0 Å². The molecule has 0 heterocycles. The Bertz CT molecular complexity index is 788. The lowest BCUT2D eigenvalue weighted by Crippen LogP contribution is -2.23. The first-order chi connectivity index (χ1) is 14.3. The molecule has 1 amide bonds. The quantitative estimate of drug-likeness (QED) is 0.465. The second-order valence-electron chi connectivity index (χ2n) is 8.97. The maximum atomic E-state index is 11.7. The molecule has 1 aromatic carbocycles. The molecule has 30 heavy (non-hydrogen) atoms. The molecule has 0 saturated heterocycles. The Hall–Kier alpha value is -1.56. The summed E-state index contributed by atoms with van der Waals surface area (Å²) >= 11 is 1.69. The Morgan fingerprint density at radius 2 is 2.17 bits per heavy atom. The minimum atomic E-state index is -0.530. The van der Waals surface area contributed by atoms with Crippen LogP contribution in [0.3, 0.4) is 0 Å². The molecule has 1 aromatic rings. The third-order valence-electron chi connectivity index (χ3n) is 6.32. The van der Waals surface area contributed by atoms with Gasteiger partial charge in [-0.15, -0.1) is 0 Å². The summed E-state index contributed by atoms with van der Waals surface area (Å²) < 4.78 is 0. The molecule has 2 N–H and O–H groups in total. The van der Waals surface area contributed by atoms with Crippen LogP contribution in [0.25, 0.3) is 0 Å². The van der Waals surface area contributed by atoms with Crippen LogP contribution >= 0.6 is 11.8 Å². The second kappa shape index (κ2) is 10.7. The molecular formula is C25H35NO3S. The zero-order valence-electron chi connectivity index (χ0n) is 18.3. The molecule has 1 fully saturated rings. The zero-order chi connectivity index (χ0) is 21.7. The average molecular weight is 430 g/mol. The van der Waals surface area contributed by atoms with Crippen LogP contribution in [0.1, 0.15) is 30.4 Å². The van der Waals surface area contributed by atoms with Crippen molar-refractivity contribution >= 4 is 17.7 Å². The molecule has 2 aliphatic rings. The van der Waals surface area contributed by atoms with Crippen molar-refractivity contribution in [1.82, 2.24) is 4.90 Å². The number of nitrogens with zero attached hydrogens (tertiary/aromatic N) is 1. The van der Waals surface area contributed by atoms with Gasteiger partial charge in [0.05, 0.1) is 18.0 Å². The summed E-state index contributed by atoms with van der Waals surface area (Å²) in [6.07, 6.45) is 8.87. The number of aliphatic hydroxyl groups is 2.